The van der Waals surface area contributed by atoms with Crippen molar-refractivity contribution in [3.8, 4) is 0 Å². The third-order valence-corrected chi connectivity index (χ3v) is 2.08. The van der Waals surface area contributed by atoms with Crippen molar-refractivity contribution in [2.45, 2.75) is 13.3 Å². The van der Waals surface area contributed by atoms with Crippen LogP contribution in [0.25, 0.3) is 0 Å². The summed E-state index contributed by atoms with van der Waals surface area (Å²) < 4.78 is 0. The zero-order chi connectivity index (χ0) is 12.8. The number of benzene rings is 1. The van der Waals surface area contributed by atoms with E-state index in [1.807, 2.05) is 0 Å². The van der Waals surface area contributed by atoms with Gasteiger partial charge in [-0.3, -0.25) is 14.4 Å². The molecule has 0 bridgehead atoms. The van der Waals surface area contributed by atoms with E-state index in [0.29, 0.717) is 11.3 Å². The Morgan fingerprint density at radius 1 is 1.18 bits per heavy atom. The van der Waals surface area contributed by atoms with Gasteiger partial charge in [0.15, 0.2) is 0 Å². The van der Waals surface area contributed by atoms with Gasteiger partial charge in [0.25, 0.3) is 5.91 Å². The smallest absolute Gasteiger partial charge is 0.253 e. The van der Waals surface area contributed by atoms with Crippen molar-refractivity contribution in [2.24, 2.45) is 0 Å². The Morgan fingerprint density at radius 3 is 2.41 bits per heavy atom. The molecule has 5 heteroatoms. The molecule has 0 aliphatic heterocycles. The van der Waals surface area contributed by atoms with Crippen LogP contribution in [0, 0.1) is 0 Å². The van der Waals surface area contributed by atoms with Crippen LogP contribution in [-0.2, 0) is 9.59 Å². The van der Waals surface area contributed by atoms with E-state index in [4.69, 9.17) is 0 Å². The highest BCUT2D eigenvalue weighted by Gasteiger charge is 2.12. The topological polar surface area (TPSA) is 75.3 Å². The van der Waals surface area contributed by atoms with Gasteiger partial charge in [-0.05, 0) is 19.1 Å². The first-order valence-electron chi connectivity index (χ1n) is 5.15. The number of amides is 2. The number of hydrogen-bond acceptors (Lipinski definition) is 3. The average Bonchev–Trinajstić information content (AvgIpc) is 2.27. The number of rotatable bonds is 4. The largest absolute Gasteiger partial charge is 0.355 e. The Kier molecular flexibility index (Phi) is 4.39. The van der Waals surface area contributed by atoms with Crippen LogP contribution in [0.3, 0.4) is 0 Å². The minimum Gasteiger partial charge on any atom is -0.355 e. The van der Waals surface area contributed by atoms with Crippen LogP contribution in [0.2, 0.25) is 0 Å². The van der Waals surface area contributed by atoms with Crippen molar-refractivity contribution in [3.63, 3.8) is 0 Å². The van der Waals surface area contributed by atoms with E-state index in [9.17, 15) is 14.4 Å². The predicted octanol–water partition coefficient (Wildman–Crippen LogP) is 0.964. The number of ketones is 1. The highest BCUT2D eigenvalue weighted by molar-refractivity contribution is 6.07. The Morgan fingerprint density at radius 2 is 1.82 bits per heavy atom. The van der Waals surface area contributed by atoms with Gasteiger partial charge in [0, 0.05) is 7.05 Å². The maximum atomic E-state index is 11.5. The van der Waals surface area contributed by atoms with Crippen molar-refractivity contribution in [3.05, 3.63) is 29.8 Å². The lowest BCUT2D eigenvalue weighted by atomic mass is 10.1. The number of carbonyl (C=O) groups is 3. The van der Waals surface area contributed by atoms with Gasteiger partial charge >= 0.3 is 0 Å². The van der Waals surface area contributed by atoms with Gasteiger partial charge in [0.2, 0.25) is 5.91 Å². The first kappa shape index (κ1) is 12.9. The number of nitrogens with one attached hydrogen (secondary N) is 2. The van der Waals surface area contributed by atoms with Crippen molar-refractivity contribution < 1.29 is 14.4 Å². The molecule has 2 amide bonds. The Hall–Kier alpha value is -2.17. The molecule has 0 saturated heterocycles. The maximum Gasteiger partial charge on any atom is 0.253 e. The molecule has 1 rings (SSSR count). The summed E-state index contributed by atoms with van der Waals surface area (Å²) in [6, 6.07) is 6.62. The highest BCUT2D eigenvalue weighted by atomic mass is 16.2. The molecule has 0 heterocycles. The first-order valence-corrected chi connectivity index (χ1v) is 5.15. The molecule has 2 N–H and O–H groups in total. The number of hydrogen-bond donors (Lipinski definition) is 2. The zero-order valence-electron chi connectivity index (χ0n) is 9.74. The molecule has 0 unspecified atom stereocenters. The molecule has 90 valence electrons. The quantitative estimate of drug-likeness (QED) is 0.762. The summed E-state index contributed by atoms with van der Waals surface area (Å²) >= 11 is 0. The molecule has 5 nitrogen and oxygen atoms in total. The van der Waals surface area contributed by atoms with E-state index in [-0.39, 0.29) is 18.1 Å². The second-order valence-corrected chi connectivity index (χ2v) is 3.55. The van der Waals surface area contributed by atoms with Crippen LogP contribution in [0.15, 0.2) is 24.3 Å². The van der Waals surface area contributed by atoms with Gasteiger partial charge in [-0.1, -0.05) is 12.1 Å². The summed E-state index contributed by atoms with van der Waals surface area (Å²) in [6.07, 6.45) is -0.192. The summed E-state index contributed by atoms with van der Waals surface area (Å²) in [5.74, 6) is -0.933. The van der Waals surface area contributed by atoms with Gasteiger partial charge in [0.05, 0.1) is 17.7 Å². The van der Waals surface area contributed by atoms with Crippen LogP contribution < -0.4 is 10.6 Å². The highest BCUT2D eigenvalue weighted by Crippen LogP contribution is 2.14. The molecule has 0 aromatic heterocycles. The van der Waals surface area contributed by atoms with E-state index in [0.717, 1.165) is 0 Å². The SMILES string of the molecule is CNC(=O)c1ccccc1NC(=O)CC(C)=O. The maximum absolute atomic E-state index is 11.5. The summed E-state index contributed by atoms with van der Waals surface area (Å²) in [6.45, 7) is 1.34. The minimum atomic E-state index is -0.422. The summed E-state index contributed by atoms with van der Waals surface area (Å²) in [5.41, 5.74) is 0.769. The molecule has 0 atom stereocenters. The zero-order valence-corrected chi connectivity index (χ0v) is 9.74. The van der Waals surface area contributed by atoms with Crippen LogP contribution in [0.1, 0.15) is 23.7 Å². The molecule has 0 spiro atoms. The molecule has 0 aliphatic rings. The lowest BCUT2D eigenvalue weighted by molar-refractivity contribution is -0.124. The molecule has 1 aromatic rings. The standard InChI is InChI=1S/C12H14N2O3/c1-8(15)7-11(16)14-10-6-4-3-5-9(10)12(17)13-2/h3-6H,7H2,1-2H3,(H,13,17)(H,14,16). The third-order valence-electron chi connectivity index (χ3n) is 2.08. The minimum absolute atomic E-state index is 0.192. The predicted molar refractivity (Wildman–Crippen MR) is 63.8 cm³/mol. The number of carbonyl (C=O) groups excluding carboxylic acids is 3. The van der Waals surface area contributed by atoms with E-state index >= 15 is 0 Å². The second-order valence-electron chi connectivity index (χ2n) is 3.55. The van der Waals surface area contributed by atoms with E-state index in [1.165, 1.54) is 14.0 Å². The Bertz CT molecular complexity index is 455. The fourth-order valence-electron chi connectivity index (χ4n) is 1.35. The van der Waals surface area contributed by atoms with Gasteiger partial charge in [0.1, 0.15) is 5.78 Å². The Labute approximate surface area is 99.2 Å². The summed E-state index contributed by atoms with van der Waals surface area (Å²) in [5, 5.41) is 5.01. The Balaban J connectivity index is 2.87. The van der Waals surface area contributed by atoms with E-state index < -0.39 is 5.91 Å². The van der Waals surface area contributed by atoms with E-state index in [2.05, 4.69) is 10.6 Å². The third kappa shape index (κ3) is 3.71. The number of anilines is 1. The van der Waals surface area contributed by atoms with Crippen LogP contribution in [0.4, 0.5) is 5.69 Å². The van der Waals surface area contributed by atoms with Crippen LogP contribution >= 0.6 is 0 Å². The average molecular weight is 234 g/mol. The monoisotopic (exact) mass is 234 g/mol. The lowest BCUT2D eigenvalue weighted by Gasteiger charge is -2.09. The molecule has 0 aliphatic carbocycles. The summed E-state index contributed by atoms with van der Waals surface area (Å²) in [7, 11) is 1.51. The second kappa shape index (κ2) is 5.79. The van der Waals surface area contributed by atoms with Crippen molar-refractivity contribution in [1.82, 2.24) is 5.32 Å². The fraction of sp³-hybridized carbons (Fsp3) is 0.250. The van der Waals surface area contributed by atoms with Crippen molar-refractivity contribution in [2.75, 3.05) is 12.4 Å². The summed E-state index contributed by atoms with van der Waals surface area (Å²) in [4.78, 5) is 33.7. The molecular weight excluding hydrogens is 220 g/mol. The molecule has 0 saturated carbocycles. The molecule has 0 fully saturated rings. The van der Waals surface area contributed by atoms with Crippen molar-refractivity contribution >= 4 is 23.3 Å². The molecule has 1 aromatic carbocycles. The van der Waals surface area contributed by atoms with Gasteiger partial charge in [-0.15, -0.1) is 0 Å². The van der Waals surface area contributed by atoms with Crippen molar-refractivity contribution in [1.29, 1.82) is 0 Å². The molecule has 0 radical (unpaired) electrons. The van der Waals surface area contributed by atoms with Crippen LogP contribution in [0.5, 0.6) is 0 Å². The van der Waals surface area contributed by atoms with Gasteiger partial charge in [-0.25, -0.2) is 0 Å². The normalized spacial score (nSPS) is 9.53. The first-order chi connectivity index (χ1) is 8.04. The molecular formula is C12H14N2O3. The van der Waals surface area contributed by atoms with E-state index in [1.54, 1.807) is 24.3 Å². The lowest BCUT2D eigenvalue weighted by Crippen LogP contribution is -2.22. The fourth-order valence-corrected chi connectivity index (χ4v) is 1.35. The van der Waals surface area contributed by atoms with Gasteiger partial charge in [-0.2, -0.15) is 0 Å². The van der Waals surface area contributed by atoms with Crippen LogP contribution in [-0.4, -0.2) is 24.6 Å². The number of para-hydroxylation sites is 1. The van der Waals surface area contributed by atoms with Gasteiger partial charge < -0.3 is 10.6 Å². The number of Topliss-reactive ketones (excluding diaryl/α,β-unsaturated/α-hetero) is 1. The molecule has 17 heavy (non-hydrogen) atoms.